The van der Waals surface area contributed by atoms with E-state index in [1.165, 1.54) is 0 Å². The second-order valence-electron chi connectivity index (χ2n) is 1.67. The van der Waals surface area contributed by atoms with Gasteiger partial charge in [-0.05, 0) is 12.1 Å². The van der Waals surface area contributed by atoms with Gasteiger partial charge < -0.3 is 5.11 Å². The summed E-state index contributed by atoms with van der Waals surface area (Å²) in [5.74, 6) is -0.879. The van der Waals surface area contributed by atoms with E-state index in [1.807, 2.05) is 0 Å². The molecule has 0 saturated heterocycles. The van der Waals surface area contributed by atoms with Crippen molar-refractivity contribution >= 4 is 5.97 Å². The first-order valence-electron chi connectivity index (χ1n) is 2.59. The molecule has 0 heterocycles. The Bertz CT molecular complexity index is 208. The van der Waals surface area contributed by atoms with Gasteiger partial charge in [0.15, 0.2) is 0 Å². The van der Waals surface area contributed by atoms with Crippen LogP contribution in [0.1, 0.15) is 10.4 Å². The monoisotopic (exact) mass is 344 g/mol. The van der Waals surface area contributed by atoms with E-state index in [1.54, 1.807) is 30.3 Å². The fourth-order valence-electron chi connectivity index (χ4n) is 0.581. The molecule has 3 heteroatoms. The van der Waals surface area contributed by atoms with Crippen molar-refractivity contribution in [2.24, 2.45) is 0 Å². The van der Waals surface area contributed by atoms with Crippen LogP contribution in [-0.4, -0.2) is 11.1 Å². The van der Waals surface area contributed by atoms with Gasteiger partial charge in [0.2, 0.25) is 0 Å². The van der Waals surface area contributed by atoms with Gasteiger partial charge in [-0.2, -0.15) is 0 Å². The summed E-state index contributed by atoms with van der Waals surface area (Å²) in [5, 5.41) is 8.38. The van der Waals surface area contributed by atoms with Gasteiger partial charge in [0, 0.05) is 71.9 Å². The summed E-state index contributed by atoms with van der Waals surface area (Å²) in [6, 6.07) is 8.30. The molecule has 0 aromatic heterocycles. The molecule has 0 fully saturated rings. The Morgan fingerprint density at radius 3 is 2.00 bits per heavy atom. The minimum absolute atomic E-state index is 0. The molecule has 0 aliphatic carbocycles. The number of rotatable bonds is 1. The van der Waals surface area contributed by atoms with E-state index < -0.39 is 5.97 Å². The van der Waals surface area contributed by atoms with E-state index in [0.717, 1.165) is 0 Å². The fourth-order valence-corrected chi connectivity index (χ4v) is 0.581. The van der Waals surface area contributed by atoms with Crippen molar-refractivity contribution < 1.29 is 81.8 Å². The van der Waals surface area contributed by atoms with Crippen molar-refractivity contribution in [3.05, 3.63) is 35.9 Å². The Balaban J connectivity index is 0.000000810. The summed E-state index contributed by atoms with van der Waals surface area (Å²) in [6.07, 6.45) is 0. The minimum atomic E-state index is -0.879. The maximum atomic E-state index is 10.2. The Kier molecular flexibility index (Phi) is 5.90. The first-order chi connectivity index (χ1) is 4.30. The molecule has 0 spiro atoms. The zero-order valence-corrected chi connectivity index (χ0v) is 7.84. The molecule has 1 aromatic carbocycles. The molecule has 2 nitrogen and oxygen atoms in total. The molecule has 0 amide bonds. The van der Waals surface area contributed by atoms with E-state index in [-0.39, 0.29) is 71.9 Å². The fraction of sp³-hybridized carbons (Fsp3) is 0. The van der Waals surface area contributed by atoms with Crippen LogP contribution >= 0.6 is 0 Å². The average Bonchev–Trinajstić information content (AvgIpc) is 1.90. The summed E-state index contributed by atoms with van der Waals surface area (Å²) in [7, 11) is 0. The second kappa shape index (κ2) is 5.46. The predicted molar refractivity (Wildman–Crippen MR) is 33.4 cm³/mol. The van der Waals surface area contributed by atoms with Gasteiger partial charge in [-0.15, -0.1) is 0 Å². The van der Waals surface area contributed by atoms with Crippen LogP contribution in [0.3, 0.4) is 0 Å². The first kappa shape index (κ1) is 10.8. The van der Waals surface area contributed by atoms with Crippen LogP contribution in [0.5, 0.6) is 0 Å². The van der Waals surface area contributed by atoms with Gasteiger partial charge >= 0.3 is 5.97 Å². The van der Waals surface area contributed by atoms with Crippen molar-refractivity contribution in [3.8, 4) is 0 Å². The van der Waals surface area contributed by atoms with Crippen molar-refractivity contribution in [1.82, 2.24) is 0 Å². The molecule has 0 aliphatic rings. The number of benzene rings is 1. The van der Waals surface area contributed by atoms with Crippen molar-refractivity contribution in [2.75, 3.05) is 0 Å². The molecule has 0 atom stereocenters. The van der Waals surface area contributed by atoms with Gasteiger partial charge in [-0.1, -0.05) is 18.2 Å². The van der Waals surface area contributed by atoms with E-state index in [0.29, 0.717) is 5.56 Å². The largest absolute Gasteiger partial charge is 0.478 e. The van der Waals surface area contributed by atoms with Gasteiger partial charge in [0.05, 0.1) is 5.56 Å². The molecule has 0 unspecified atom stereocenters. The van der Waals surface area contributed by atoms with E-state index in [2.05, 4.69) is 0 Å². The molecule has 0 bridgehead atoms. The number of carboxylic acid groups (broad SMARTS) is 1. The van der Waals surface area contributed by atoms with E-state index in [4.69, 9.17) is 5.11 Å². The summed E-state index contributed by atoms with van der Waals surface area (Å²) in [5.41, 5.74) is 0.331. The summed E-state index contributed by atoms with van der Waals surface area (Å²) < 4.78 is 0. The molecule has 1 rings (SSSR count). The Morgan fingerprint density at radius 2 is 1.70 bits per heavy atom. The van der Waals surface area contributed by atoms with Crippen molar-refractivity contribution in [1.29, 1.82) is 0 Å². The molecule has 1 aromatic rings. The van der Waals surface area contributed by atoms with Crippen molar-refractivity contribution in [2.45, 2.75) is 0 Å². The Morgan fingerprint density at radius 1 is 1.20 bits per heavy atom. The predicted octanol–water partition coefficient (Wildman–Crippen LogP) is 1.38. The standard InChI is InChI=1S/C7H6O2.Rn/c8-7(9)6-4-2-1-3-5-6;/h1-5H,(H,8,9);. The van der Waals surface area contributed by atoms with Crippen LogP contribution in [-0.2, 0) is 0 Å². The first-order valence-corrected chi connectivity index (χ1v) is 2.59. The normalized spacial score (nSPS) is 8.00. The summed E-state index contributed by atoms with van der Waals surface area (Å²) >= 11 is 0. The molecule has 1 N–H and O–H groups in total. The number of carbonyl (C=O) groups is 1. The van der Waals surface area contributed by atoms with Crippen LogP contribution in [0, 0.1) is 71.9 Å². The number of carboxylic acids is 1. The van der Waals surface area contributed by atoms with Crippen LogP contribution in [0.2, 0.25) is 0 Å². The van der Waals surface area contributed by atoms with Crippen LogP contribution in [0.15, 0.2) is 30.3 Å². The Hall–Kier alpha value is 0.807. The third kappa shape index (κ3) is 3.27. The smallest absolute Gasteiger partial charge is 0.335 e. The zero-order chi connectivity index (χ0) is 6.69. The molecule has 0 radical (unpaired) electrons. The van der Waals surface area contributed by atoms with Gasteiger partial charge in [0.25, 0.3) is 0 Å². The zero-order valence-electron chi connectivity index (χ0n) is 5.10. The molecule has 0 aliphatic heterocycles. The number of hydrogen-bond donors (Lipinski definition) is 1. The van der Waals surface area contributed by atoms with E-state index in [9.17, 15) is 4.79 Å². The summed E-state index contributed by atoms with van der Waals surface area (Å²) in [6.45, 7) is 0. The quantitative estimate of drug-likeness (QED) is 0.836. The van der Waals surface area contributed by atoms with Crippen LogP contribution < -0.4 is 0 Å². The number of hydrogen-bond acceptors (Lipinski definition) is 1. The maximum absolute atomic E-state index is 10.2. The summed E-state index contributed by atoms with van der Waals surface area (Å²) in [4.78, 5) is 10.2. The van der Waals surface area contributed by atoms with Crippen molar-refractivity contribution in [3.63, 3.8) is 0 Å². The third-order valence-corrected chi connectivity index (χ3v) is 1.02. The molecular formula is C7H6O2Rn. The molecular weight excluding hydrogens is 338 g/mol. The van der Waals surface area contributed by atoms with Crippen LogP contribution in [0.25, 0.3) is 0 Å². The molecule has 0 saturated carbocycles. The maximum Gasteiger partial charge on any atom is 0.335 e. The molecule has 10 heavy (non-hydrogen) atoms. The number of aromatic carboxylic acids is 1. The van der Waals surface area contributed by atoms with E-state index >= 15 is 0 Å². The van der Waals surface area contributed by atoms with Gasteiger partial charge in [-0.3, -0.25) is 0 Å². The Labute approximate surface area is 121 Å². The van der Waals surface area contributed by atoms with Gasteiger partial charge in [-0.25, -0.2) is 4.79 Å². The van der Waals surface area contributed by atoms with Crippen LogP contribution in [0.4, 0.5) is 0 Å². The minimum Gasteiger partial charge on any atom is -0.478 e. The third-order valence-electron chi connectivity index (χ3n) is 1.02. The topological polar surface area (TPSA) is 37.3 Å². The van der Waals surface area contributed by atoms with Gasteiger partial charge in [0.1, 0.15) is 0 Å². The SMILES string of the molecule is O=C(O)c1ccccc1.[Rn]. The second-order valence-corrected chi connectivity index (χ2v) is 1.67. The average molecular weight is 344 g/mol. The molecule has 54 valence electrons.